The molecule has 0 aliphatic rings. The summed E-state index contributed by atoms with van der Waals surface area (Å²) in [5.74, 6) is -1.31. The van der Waals surface area contributed by atoms with Gasteiger partial charge in [0.05, 0.1) is 6.42 Å². The first-order chi connectivity index (χ1) is 13.6. The van der Waals surface area contributed by atoms with Crippen molar-refractivity contribution in [1.29, 1.82) is 0 Å². The maximum atomic E-state index is 12.4. The molecule has 0 aromatic heterocycles. The summed E-state index contributed by atoms with van der Waals surface area (Å²) >= 11 is 0. The first kappa shape index (κ1) is 26.7. The van der Waals surface area contributed by atoms with Crippen molar-refractivity contribution in [2.24, 2.45) is 5.92 Å². The summed E-state index contributed by atoms with van der Waals surface area (Å²) in [4.78, 5) is 25.3. The Labute approximate surface area is 173 Å². The van der Waals surface area contributed by atoms with Crippen LogP contribution < -0.4 is 0 Å². The Morgan fingerprint density at radius 2 is 1.29 bits per heavy atom. The van der Waals surface area contributed by atoms with Gasteiger partial charge in [-0.25, -0.2) is 0 Å². The average molecular weight is 396 g/mol. The number of aliphatic carboxylic acids is 1. The molecule has 1 N–H and O–H groups in total. The van der Waals surface area contributed by atoms with Crippen molar-refractivity contribution < 1.29 is 14.7 Å². The first-order valence-electron chi connectivity index (χ1n) is 11.7. The fourth-order valence-electron chi connectivity index (χ4n) is 3.60. The largest absolute Gasteiger partial charge is 0.481 e. The lowest BCUT2D eigenvalue weighted by Gasteiger charge is -2.24. The number of rotatable bonds is 19. The molecule has 0 aromatic rings. The molecule has 0 rings (SSSR count). The van der Waals surface area contributed by atoms with Crippen molar-refractivity contribution >= 4 is 11.9 Å². The zero-order valence-electron chi connectivity index (χ0n) is 18.8. The SMILES string of the molecule is CCCCCCCCCCCC/C=C/CCC(CC(=O)O)C(=O)N(CC)CC. The molecule has 0 radical (unpaired) electrons. The molecular weight excluding hydrogens is 350 g/mol. The van der Waals surface area contributed by atoms with E-state index in [1.807, 2.05) is 13.8 Å². The Morgan fingerprint density at radius 1 is 0.786 bits per heavy atom. The summed E-state index contributed by atoms with van der Waals surface area (Å²) in [6.07, 6.45) is 20.2. The van der Waals surface area contributed by atoms with Crippen molar-refractivity contribution in [2.45, 2.75) is 111 Å². The minimum atomic E-state index is -0.889. The number of unbranched alkanes of at least 4 members (excludes halogenated alkanes) is 10. The number of carbonyl (C=O) groups is 2. The Bertz CT molecular complexity index is 416. The van der Waals surface area contributed by atoms with Gasteiger partial charge in [-0.05, 0) is 39.5 Å². The highest BCUT2D eigenvalue weighted by Gasteiger charge is 2.24. The number of amides is 1. The van der Waals surface area contributed by atoms with Gasteiger partial charge < -0.3 is 10.0 Å². The van der Waals surface area contributed by atoms with Crippen LogP contribution in [0.5, 0.6) is 0 Å². The normalized spacial score (nSPS) is 12.4. The van der Waals surface area contributed by atoms with Gasteiger partial charge in [0.25, 0.3) is 0 Å². The number of nitrogens with zero attached hydrogens (tertiary/aromatic N) is 1. The van der Waals surface area contributed by atoms with E-state index in [0.29, 0.717) is 19.5 Å². The lowest BCUT2D eigenvalue weighted by molar-refractivity contribution is -0.144. The summed E-state index contributed by atoms with van der Waals surface area (Å²) < 4.78 is 0. The van der Waals surface area contributed by atoms with Gasteiger partial charge in [-0.15, -0.1) is 0 Å². The fraction of sp³-hybridized carbons (Fsp3) is 0.833. The van der Waals surface area contributed by atoms with Gasteiger partial charge in [-0.2, -0.15) is 0 Å². The summed E-state index contributed by atoms with van der Waals surface area (Å²) in [5, 5.41) is 9.09. The zero-order chi connectivity index (χ0) is 21.0. The van der Waals surface area contributed by atoms with E-state index in [1.165, 1.54) is 64.2 Å². The quantitative estimate of drug-likeness (QED) is 0.198. The Morgan fingerprint density at radius 3 is 1.79 bits per heavy atom. The third kappa shape index (κ3) is 14.7. The van der Waals surface area contributed by atoms with Crippen LogP contribution >= 0.6 is 0 Å². The molecule has 1 atom stereocenters. The molecule has 0 aliphatic carbocycles. The molecule has 0 aliphatic heterocycles. The van der Waals surface area contributed by atoms with Gasteiger partial charge in [0.15, 0.2) is 0 Å². The number of hydrogen-bond acceptors (Lipinski definition) is 2. The smallest absolute Gasteiger partial charge is 0.304 e. The van der Waals surface area contributed by atoms with Gasteiger partial charge in [-0.3, -0.25) is 9.59 Å². The van der Waals surface area contributed by atoms with E-state index in [0.717, 1.165) is 12.8 Å². The van der Waals surface area contributed by atoms with E-state index in [9.17, 15) is 9.59 Å². The molecular formula is C24H45NO3. The average Bonchev–Trinajstić information content (AvgIpc) is 2.67. The maximum absolute atomic E-state index is 12.4. The number of allylic oxidation sites excluding steroid dienone is 2. The van der Waals surface area contributed by atoms with E-state index in [4.69, 9.17) is 5.11 Å². The highest BCUT2D eigenvalue weighted by molar-refractivity contribution is 5.83. The Hall–Kier alpha value is -1.32. The predicted octanol–water partition coefficient (Wildman–Crippen LogP) is 6.59. The van der Waals surface area contributed by atoms with E-state index < -0.39 is 11.9 Å². The minimum absolute atomic E-state index is 0.0181. The second-order valence-electron chi connectivity index (χ2n) is 7.82. The highest BCUT2D eigenvalue weighted by atomic mass is 16.4. The third-order valence-electron chi connectivity index (χ3n) is 5.42. The standard InChI is InChI=1S/C24H45NO3/c1-4-7-8-9-10-11-12-13-14-15-16-17-18-19-20-22(21-23(26)27)24(28)25(5-2)6-3/h17-18,22H,4-16,19-21H2,1-3H3,(H,26,27)/b18-17+. The number of carboxylic acid groups (broad SMARTS) is 1. The molecule has 0 saturated heterocycles. The lowest BCUT2D eigenvalue weighted by Crippen LogP contribution is -2.36. The van der Waals surface area contributed by atoms with Gasteiger partial charge in [0.2, 0.25) is 5.91 Å². The second-order valence-corrected chi connectivity index (χ2v) is 7.82. The summed E-state index contributed by atoms with van der Waals surface area (Å²) in [7, 11) is 0. The molecule has 4 nitrogen and oxygen atoms in total. The van der Waals surface area contributed by atoms with E-state index in [1.54, 1.807) is 4.90 Å². The molecule has 0 spiro atoms. The number of hydrogen-bond donors (Lipinski definition) is 1. The van der Waals surface area contributed by atoms with Crippen LogP contribution in [-0.4, -0.2) is 35.0 Å². The van der Waals surface area contributed by atoms with Crippen LogP contribution in [0.3, 0.4) is 0 Å². The van der Waals surface area contributed by atoms with Gasteiger partial charge in [0, 0.05) is 19.0 Å². The van der Waals surface area contributed by atoms with Crippen LogP contribution in [0, 0.1) is 5.92 Å². The molecule has 28 heavy (non-hydrogen) atoms. The Balaban J connectivity index is 3.83. The molecule has 4 heteroatoms. The third-order valence-corrected chi connectivity index (χ3v) is 5.42. The van der Waals surface area contributed by atoms with E-state index >= 15 is 0 Å². The first-order valence-corrected chi connectivity index (χ1v) is 11.7. The molecule has 164 valence electrons. The van der Waals surface area contributed by atoms with Crippen LogP contribution in [-0.2, 0) is 9.59 Å². The van der Waals surface area contributed by atoms with Crippen LogP contribution in [0.1, 0.15) is 111 Å². The summed E-state index contributed by atoms with van der Waals surface area (Å²) in [6, 6.07) is 0. The minimum Gasteiger partial charge on any atom is -0.481 e. The van der Waals surface area contributed by atoms with Crippen LogP contribution in [0.15, 0.2) is 12.2 Å². The van der Waals surface area contributed by atoms with Gasteiger partial charge in [-0.1, -0.05) is 76.9 Å². The van der Waals surface area contributed by atoms with Crippen molar-refractivity contribution in [3.63, 3.8) is 0 Å². The van der Waals surface area contributed by atoms with Crippen molar-refractivity contribution in [2.75, 3.05) is 13.1 Å². The van der Waals surface area contributed by atoms with Crippen molar-refractivity contribution in [3.05, 3.63) is 12.2 Å². The van der Waals surface area contributed by atoms with Crippen molar-refractivity contribution in [1.82, 2.24) is 4.90 Å². The molecule has 1 amide bonds. The van der Waals surface area contributed by atoms with E-state index in [-0.39, 0.29) is 12.3 Å². The monoisotopic (exact) mass is 395 g/mol. The molecule has 0 heterocycles. The molecule has 0 aromatic carbocycles. The summed E-state index contributed by atoms with van der Waals surface area (Å²) in [5.41, 5.74) is 0. The second kappa shape index (κ2) is 19.0. The maximum Gasteiger partial charge on any atom is 0.304 e. The van der Waals surface area contributed by atoms with Crippen LogP contribution in [0.25, 0.3) is 0 Å². The zero-order valence-corrected chi connectivity index (χ0v) is 18.8. The number of carbonyl (C=O) groups excluding carboxylic acids is 1. The number of carboxylic acids is 1. The highest BCUT2D eigenvalue weighted by Crippen LogP contribution is 2.16. The molecule has 0 fully saturated rings. The lowest BCUT2D eigenvalue weighted by atomic mass is 9.97. The van der Waals surface area contributed by atoms with Crippen molar-refractivity contribution in [3.8, 4) is 0 Å². The fourth-order valence-corrected chi connectivity index (χ4v) is 3.60. The van der Waals surface area contributed by atoms with Gasteiger partial charge in [0.1, 0.15) is 0 Å². The molecule has 0 saturated carbocycles. The predicted molar refractivity (Wildman–Crippen MR) is 119 cm³/mol. The van der Waals surface area contributed by atoms with E-state index in [2.05, 4.69) is 19.1 Å². The molecule has 0 bridgehead atoms. The van der Waals surface area contributed by atoms with Gasteiger partial charge >= 0.3 is 5.97 Å². The molecule has 1 unspecified atom stereocenters. The topological polar surface area (TPSA) is 57.6 Å². The Kier molecular flexibility index (Phi) is 18.1. The van der Waals surface area contributed by atoms with Crippen LogP contribution in [0.2, 0.25) is 0 Å². The van der Waals surface area contributed by atoms with Crippen LogP contribution in [0.4, 0.5) is 0 Å². The summed E-state index contributed by atoms with van der Waals surface area (Å²) in [6.45, 7) is 7.41.